The molecule has 0 bridgehead atoms. The second kappa shape index (κ2) is 10.8. The zero-order valence-electron chi connectivity index (χ0n) is 21.7. The molecule has 0 radical (unpaired) electrons. The van der Waals surface area contributed by atoms with Crippen LogP contribution in [-0.4, -0.2) is 64.8 Å². The number of hydrogen-bond acceptors (Lipinski definition) is 8. The van der Waals surface area contributed by atoms with E-state index in [1.54, 1.807) is 0 Å². The average Bonchev–Trinajstić information content (AvgIpc) is 3.44. The van der Waals surface area contributed by atoms with Crippen LogP contribution in [0.1, 0.15) is 74.3 Å². The lowest BCUT2D eigenvalue weighted by atomic mass is 9.74. The highest BCUT2D eigenvalue weighted by molar-refractivity contribution is 5.96. The number of nitrogens with two attached hydrogens (primary N) is 2. The Morgan fingerprint density at radius 2 is 1.78 bits per heavy atom. The molecule has 3 fully saturated rings. The molecule has 0 spiro atoms. The molecule has 5 N–H and O–H groups in total. The van der Waals surface area contributed by atoms with Crippen LogP contribution in [0.4, 0.5) is 17.3 Å². The van der Waals surface area contributed by atoms with Crippen molar-refractivity contribution in [1.29, 1.82) is 0 Å². The van der Waals surface area contributed by atoms with Crippen LogP contribution < -0.4 is 21.7 Å². The second-order valence-corrected chi connectivity index (χ2v) is 11.2. The number of aldehydes is 1. The summed E-state index contributed by atoms with van der Waals surface area (Å²) in [5, 5.41) is 3.24. The maximum Gasteiger partial charge on any atom is 0.271 e. The molecule has 1 amide bonds. The molecular formula is C28H39N7O2. The van der Waals surface area contributed by atoms with Gasteiger partial charge in [-0.15, -0.1) is 0 Å². The van der Waals surface area contributed by atoms with Gasteiger partial charge in [-0.3, -0.25) is 4.79 Å². The van der Waals surface area contributed by atoms with Crippen molar-refractivity contribution in [3.63, 3.8) is 0 Å². The summed E-state index contributed by atoms with van der Waals surface area (Å²) in [6, 6.07) is 8.42. The van der Waals surface area contributed by atoms with Crippen molar-refractivity contribution < 1.29 is 9.59 Å². The average molecular weight is 506 g/mol. The number of primary amides is 1. The first-order chi connectivity index (χ1) is 17.9. The minimum absolute atomic E-state index is 0.0584. The van der Waals surface area contributed by atoms with E-state index in [1.807, 2.05) is 17.0 Å². The fourth-order valence-electron chi connectivity index (χ4n) is 6.31. The van der Waals surface area contributed by atoms with Crippen LogP contribution in [-0.2, 0) is 10.2 Å². The second-order valence-electron chi connectivity index (χ2n) is 11.2. The van der Waals surface area contributed by atoms with E-state index in [-0.39, 0.29) is 23.0 Å². The topological polar surface area (TPSA) is 130 Å². The first kappa shape index (κ1) is 25.6. The lowest BCUT2D eigenvalue weighted by Crippen LogP contribution is -2.53. The van der Waals surface area contributed by atoms with Crippen molar-refractivity contribution in [2.24, 2.45) is 11.5 Å². The summed E-state index contributed by atoms with van der Waals surface area (Å²) < 4.78 is 0. The van der Waals surface area contributed by atoms with Crippen LogP contribution in [0.15, 0.2) is 30.5 Å². The van der Waals surface area contributed by atoms with Crippen LogP contribution in [0.2, 0.25) is 0 Å². The molecule has 2 unspecified atom stereocenters. The van der Waals surface area contributed by atoms with E-state index in [9.17, 15) is 9.59 Å². The van der Waals surface area contributed by atoms with Crippen LogP contribution in [0.3, 0.4) is 0 Å². The van der Waals surface area contributed by atoms with Gasteiger partial charge in [0.2, 0.25) is 0 Å². The third-order valence-electron chi connectivity index (χ3n) is 8.75. The third-order valence-corrected chi connectivity index (χ3v) is 8.75. The summed E-state index contributed by atoms with van der Waals surface area (Å²) in [6.45, 7) is 5.34. The normalized spacial score (nSPS) is 24.6. The number of anilines is 3. The van der Waals surface area contributed by atoms with Gasteiger partial charge in [-0.1, -0.05) is 31.9 Å². The number of nitrogens with one attached hydrogen (secondary N) is 1. The number of nitrogens with zero attached hydrogens (tertiary/aromatic N) is 4. The zero-order chi connectivity index (χ0) is 26.0. The van der Waals surface area contributed by atoms with E-state index in [0.717, 1.165) is 56.8 Å². The van der Waals surface area contributed by atoms with Gasteiger partial charge in [0.05, 0.1) is 6.20 Å². The van der Waals surface area contributed by atoms with Crippen molar-refractivity contribution in [3.05, 3.63) is 41.7 Å². The number of likely N-dealkylation sites (tertiary alicyclic amines) is 1. The fourth-order valence-corrected chi connectivity index (χ4v) is 6.31. The number of hydrogen-bond donors (Lipinski definition) is 3. The van der Waals surface area contributed by atoms with Gasteiger partial charge in [0.1, 0.15) is 18.1 Å². The predicted molar refractivity (Wildman–Crippen MR) is 145 cm³/mol. The molecule has 1 aromatic carbocycles. The van der Waals surface area contributed by atoms with Gasteiger partial charge in [-0.2, -0.15) is 0 Å². The number of amides is 1. The Morgan fingerprint density at radius 3 is 2.43 bits per heavy atom. The number of aromatic nitrogens is 2. The quantitative estimate of drug-likeness (QED) is 0.489. The van der Waals surface area contributed by atoms with Gasteiger partial charge in [-0.25, -0.2) is 9.97 Å². The van der Waals surface area contributed by atoms with E-state index >= 15 is 0 Å². The first-order valence-electron chi connectivity index (χ1n) is 13.6. The van der Waals surface area contributed by atoms with Crippen LogP contribution in [0.5, 0.6) is 0 Å². The molecule has 3 aliphatic rings. The molecule has 9 heteroatoms. The van der Waals surface area contributed by atoms with E-state index in [2.05, 4.69) is 39.2 Å². The van der Waals surface area contributed by atoms with Gasteiger partial charge in [0.15, 0.2) is 11.5 Å². The fraction of sp³-hybridized carbons (Fsp3) is 0.571. The maximum absolute atomic E-state index is 12.1. The molecule has 3 heterocycles. The summed E-state index contributed by atoms with van der Waals surface area (Å²) in [7, 11) is 0. The molecule has 2 atom stereocenters. The minimum atomic E-state index is -0.665. The lowest BCUT2D eigenvalue weighted by molar-refractivity contribution is -0.109. The molecule has 9 nitrogen and oxygen atoms in total. The summed E-state index contributed by atoms with van der Waals surface area (Å²) in [5.41, 5.74) is 14.1. The van der Waals surface area contributed by atoms with E-state index < -0.39 is 11.9 Å². The Labute approximate surface area is 219 Å². The highest BCUT2D eigenvalue weighted by atomic mass is 16.1. The van der Waals surface area contributed by atoms with Crippen molar-refractivity contribution in [1.82, 2.24) is 14.9 Å². The monoisotopic (exact) mass is 505 g/mol. The minimum Gasteiger partial charge on any atom is -0.364 e. The number of benzene rings is 1. The largest absolute Gasteiger partial charge is 0.364 e. The molecule has 1 saturated carbocycles. The van der Waals surface area contributed by atoms with Gasteiger partial charge >= 0.3 is 0 Å². The molecule has 198 valence electrons. The molecule has 2 aromatic rings. The summed E-state index contributed by atoms with van der Waals surface area (Å²) in [4.78, 5) is 37.3. The lowest BCUT2D eigenvalue weighted by Gasteiger charge is -2.42. The van der Waals surface area contributed by atoms with Crippen molar-refractivity contribution in [2.75, 3.05) is 29.9 Å². The number of carbonyl (C=O) groups is 2. The van der Waals surface area contributed by atoms with Crippen LogP contribution in [0.25, 0.3) is 0 Å². The van der Waals surface area contributed by atoms with Crippen LogP contribution in [0, 0.1) is 0 Å². The smallest absolute Gasteiger partial charge is 0.271 e. The van der Waals surface area contributed by atoms with Crippen molar-refractivity contribution >= 4 is 29.5 Å². The molecule has 1 aliphatic carbocycles. The molecule has 5 rings (SSSR count). The SMILES string of the molecule is CC1(c2ccc(Nc3nc(N4CCCC(N)C4C=O)cnc3C(N)=O)cc2)CCN(C2CCCC2)CC1. The molecule has 37 heavy (non-hydrogen) atoms. The van der Waals surface area contributed by atoms with Gasteiger partial charge < -0.3 is 31.4 Å². The van der Waals surface area contributed by atoms with E-state index in [0.29, 0.717) is 12.4 Å². The molecule has 2 saturated heterocycles. The highest BCUT2D eigenvalue weighted by Gasteiger charge is 2.35. The van der Waals surface area contributed by atoms with Crippen molar-refractivity contribution in [3.8, 4) is 0 Å². The Bertz CT molecular complexity index is 1110. The molecular weight excluding hydrogens is 466 g/mol. The Balaban J connectivity index is 1.31. The van der Waals surface area contributed by atoms with Gasteiger partial charge in [-0.05, 0) is 74.7 Å². The van der Waals surface area contributed by atoms with Crippen LogP contribution >= 0.6 is 0 Å². The first-order valence-corrected chi connectivity index (χ1v) is 13.6. The van der Waals surface area contributed by atoms with Gasteiger partial charge in [0.25, 0.3) is 5.91 Å². The Morgan fingerprint density at radius 1 is 1.08 bits per heavy atom. The number of piperidine rings is 2. The Kier molecular flexibility index (Phi) is 7.44. The van der Waals surface area contributed by atoms with E-state index in [4.69, 9.17) is 11.5 Å². The summed E-state index contributed by atoms with van der Waals surface area (Å²) in [6.07, 6.45) is 11.8. The summed E-state index contributed by atoms with van der Waals surface area (Å²) >= 11 is 0. The van der Waals surface area contributed by atoms with Gasteiger partial charge in [0, 0.05) is 24.3 Å². The molecule has 1 aromatic heterocycles. The number of carbonyl (C=O) groups excluding carboxylic acids is 2. The Hall–Kier alpha value is -3.04. The highest BCUT2D eigenvalue weighted by Crippen LogP contribution is 2.38. The predicted octanol–water partition coefficient (Wildman–Crippen LogP) is 3.11. The zero-order valence-corrected chi connectivity index (χ0v) is 21.7. The third kappa shape index (κ3) is 5.33. The summed E-state index contributed by atoms with van der Waals surface area (Å²) in [5.74, 6) is 0.109. The number of rotatable bonds is 7. The van der Waals surface area contributed by atoms with E-state index in [1.165, 1.54) is 37.4 Å². The van der Waals surface area contributed by atoms with Crippen molar-refractivity contribution in [2.45, 2.75) is 81.8 Å². The standard InChI is InChI=1S/C28H39N7O2/c1-28(12-15-34(16-13-28)21-5-2-3-6-21)19-8-10-20(11-9-19)32-27-25(26(30)37)31-17-24(33-27)35-14-4-7-22(29)23(35)18-36/h8-11,17-18,21-23H,2-7,12-16,29H2,1H3,(H2,30,37)(H,32,33). The maximum atomic E-state index is 12.1. The molecule has 2 aliphatic heterocycles.